The number of hydrogen-bond donors (Lipinski definition) is 1. The van der Waals surface area contributed by atoms with E-state index in [4.69, 9.17) is 0 Å². The molecule has 0 spiro atoms. The summed E-state index contributed by atoms with van der Waals surface area (Å²) in [4.78, 5) is 9.84. The molecule has 0 rings (SSSR count). The van der Waals surface area contributed by atoms with Gasteiger partial charge in [0.05, 0.1) is 7.11 Å². The van der Waals surface area contributed by atoms with Gasteiger partial charge < -0.3 is 10.1 Å². The third kappa shape index (κ3) is 18.3. The molecule has 13 heavy (non-hydrogen) atoms. The first-order valence-corrected chi connectivity index (χ1v) is 4.40. The van der Waals surface area contributed by atoms with Gasteiger partial charge in [-0.1, -0.05) is 34.3 Å². The van der Waals surface area contributed by atoms with Gasteiger partial charge in [0.15, 0.2) is 0 Å². The van der Waals surface area contributed by atoms with E-state index in [0.29, 0.717) is 12.1 Å². The van der Waals surface area contributed by atoms with Gasteiger partial charge in [0.1, 0.15) is 0 Å². The first-order valence-electron chi connectivity index (χ1n) is 4.40. The Labute approximate surface area is 81.2 Å². The summed E-state index contributed by atoms with van der Waals surface area (Å²) in [5.41, 5.74) is 0. The van der Waals surface area contributed by atoms with Crippen molar-refractivity contribution in [3.63, 3.8) is 0 Å². The van der Waals surface area contributed by atoms with Gasteiger partial charge in [0.25, 0.3) is 0 Å². The van der Waals surface area contributed by atoms with E-state index in [1.54, 1.807) is 0 Å². The van der Waals surface area contributed by atoms with E-state index in [9.17, 15) is 4.79 Å². The minimum Gasteiger partial charge on any atom is -0.466 e. The van der Waals surface area contributed by atoms with Crippen molar-refractivity contribution in [3.8, 4) is 0 Å². The highest BCUT2D eigenvalue weighted by Gasteiger charge is 1.92. The maximum absolute atomic E-state index is 9.84. The highest BCUT2D eigenvalue weighted by atomic mass is 16.5. The molecular weight excluding hydrogens is 166 g/mol. The average Bonchev–Trinajstić information content (AvgIpc) is 2.01. The average molecular weight is 187 g/mol. The van der Waals surface area contributed by atoms with Gasteiger partial charge >= 0.3 is 5.97 Å². The number of nitrogens with one attached hydrogen (secondary N) is 1. The number of methoxy groups -OCH3 is 1. The second kappa shape index (κ2) is 9.26. The van der Waals surface area contributed by atoms with Crippen LogP contribution in [0.5, 0.6) is 0 Å². The zero-order valence-corrected chi connectivity index (χ0v) is 9.26. The molecule has 0 aromatic carbocycles. The van der Waals surface area contributed by atoms with E-state index in [0.717, 1.165) is 6.08 Å². The van der Waals surface area contributed by atoms with Crippen LogP contribution in [0.15, 0.2) is 12.7 Å². The van der Waals surface area contributed by atoms with Crippen LogP contribution in [0.1, 0.15) is 27.7 Å². The van der Waals surface area contributed by atoms with Gasteiger partial charge in [-0.15, -0.1) is 0 Å². The highest BCUT2D eigenvalue weighted by Crippen LogP contribution is 1.80. The van der Waals surface area contributed by atoms with Crippen LogP contribution >= 0.6 is 0 Å². The highest BCUT2D eigenvalue weighted by molar-refractivity contribution is 5.80. The molecule has 0 saturated carbocycles. The van der Waals surface area contributed by atoms with Crippen molar-refractivity contribution >= 4 is 5.97 Å². The monoisotopic (exact) mass is 187 g/mol. The Balaban J connectivity index is 0. The van der Waals surface area contributed by atoms with Crippen molar-refractivity contribution in [1.29, 1.82) is 0 Å². The molecule has 0 amide bonds. The maximum atomic E-state index is 9.84. The number of carbonyl (C=O) groups excluding carboxylic acids is 1. The molecule has 1 N–H and O–H groups in total. The number of hydrogen-bond acceptors (Lipinski definition) is 3. The van der Waals surface area contributed by atoms with E-state index in [1.807, 2.05) is 0 Å². The molecule has 0 radical (unpaired) electrons. The number of ether oxygens (including phenoxy) is 1. The van der Waals surface area contributed by atoms with Crippen LogP contribution in [-0.2, 0) is 9.53 Å². The first kappa shape index (κ1) is 14.7. The molecule has 78 valence electrons. The lowest BCUT2D eigenvalue weighted by molar-refractivity contribution is -0.134. The molecule has 3 nitrogen and oxygen atoms in total. The predicted molar refractivity (Wildman–Crippen MR) is 55.6 cm³/mol. The molecule has 0 aromatic heterocycles. The maximum Gasteiger partial charge on any atom is 0.329 e. The van der Waals surface area contributed by atoms with E-state index >= 15 is 0 Å². The fourth-order valence-electron chi connectivity index (χ4n) is 0.750. The largest absolute Gasteiger partial charge is 0.466 e. The van der Waals surface area contributed by atoms with E-state index in [-0.39, 0.29) is 0 Å². The normalized spacial score (nSPS) is 9.15. The SMILES string of the molecule is C=CC(=O)OC.CC(C)NC(C)C. The molecule has 0 fully saturated rings. The van der Waals surface area contributed by atoms with E-state index in [2.05, 4.69) is 44.3 Å². The van der Waals surface area contributed by atoms with Crippen LogP contribution in [0.25, 0.3) is 0 Å². The van der Waals surface area contributed by atoms with Crippen LogP contribution in [0, 0.1) is 0 Å². The van der Waals surface area contributed by atoms with Crippen LogP contribution in [0.3, 0.4) is 0 Å². The third-order valence-corrected chi connectivity index (χ3v) is 1.03. The Morgan fingerprint density at radius 2 is 1.69 bits per heavy atom. The standard InChI is InChI=1S/C6H15N.C4H6O2/c1-5(2)7-6(3)4;1-3-4(5)6-2/h5-7H,1-4H3;3H,1H2,2H3. The second-order valence-corrected chi connectivity index (χ2v) is 3.20. The summed E-state index contributed by atoms with van der Waals surface area (Å²) in [7, 11) is 1.31. The van der Waals surface area contributed by atoms with Gasteiger partial charge in [0.2, 0.25) is 0 Å². The topological polar surface area (TPSA) is 38.3 Å². The Hall–Kier alpha value is -0.830. The molecule has 0 unspecified atom stereocenters. The fraction of sp³-hybridized carbons (Fsp3) is 0.700. The second-order valence-electron chi connectivity index (χ2n) is 3.20. The smallest absolute Gasteiger partial charge is 0.329 e. The van der Waals surface area contributed by atoms with Crippen molar-refractivity contribution in [1.82, 2.24) is 5.32 Å². The van der Waals surface area contributed by atoms with Crippen molar-refractivity contribution < 1.29 is 9.53 Å². The Morgan fingerprint density at radius 3 is 1.69 bits per heavy atom. The summed E-state index contributed by atoms with van der Waals surface area (Å²) in [6.45, 7) is 11.8. The lowest BCUT2D eigenvalue weighted by Gasteiger charge is -2.10. The third-order valence-electron chi connectivity index (χ3n) is 1.03. The first-order chi connectivity index (χ1) is 5.93. The minimum atomic E-state index is -0.394. The predicted octanol–water partition coefficient (Wildman–Crippen LogP) is 1.74. The summed E-state index contributed by atoms with van der Waals surface area (Å²) in [5, 5.41) is 3.31. The number of carbonyl (C=O) groups is 1. The molecule has 3 heteroatoms. The van der Waals surface area contributed by atoms with Gasteiger partial charge in [0, 0.05) is 18.2 Å². The van der Waals surface area contributed by atoms with E-state index in [1.165, 1.54) is 7.11 Å². The van der Waals surface area contributed by atoms with Crippen molar-refractivity contribution in [3.05, 3.63) is 12.7 Å². The summed E-state index contributed by atoms with van der Waals surface area (Å²) in [6.07, 6.45) is 1.11. The summed E-state index contributed by atoms with van der Waals surface area (Å²) < 4.78 is 4.14. The number of rotatable bonds is 3. The Kier molecular flexibility index (Phi) is 10.5. The van der Waals surface area contributed by atoms with Gasteiger partial charge in [-0.3, -0.25) is 0 Å². The van der Waals surface area contributed by atoms with Crippen molar-refractivity contribution in [2.75, 3.05) is 7.11 Å². The quantitative estimate of drug-likeness (QED) is 0.540. The zero-order chi connectivity index (χ0) is 10.9. The molecule has 0 heterocycles. The molecular formula is C10H21NO2. The molecule has 0 aliphatic rings. The molecule has 0 aliphatic carbocycles. The lowest BCUT2D eigenvalue weighted by atomic mass is 10.3. The van der Waals surface area contributed by atoms with Crippen LogP contribution in [-0.4, -0.2) is 25.2 Å². The summed E-state index contributed by atoms with van der Waals surface area (Å²) in [5.74, 6) is -0.394. The Morgan fingerprint density at radius 1 is 1.31 bits per heavy atom. The fourth-order valence-corrected chi connectivity index (χ4v) is 0.750. The molecule has 0 aromatic rings. The van der Waals surface area contributed by atoms with Crippen LogP contribution in [0.4, 0.5) is 0 Å². The lowest BCUT2D eigenvalue weighted by Crippen LogP contribution is -2.29. The van der Waals surface area contributed by atoms with Crippen LogP contribution < -0.4 is 5.32 Å². The molecule has 0 atom stereocenters. The van der Waals surface area contributed by atoms with Gasteiger partial charge in [-0.05, 0) is 0 Å². The molecule has 0 bridgehead atoms. The van der Waals surface area contributed by atoms with E-state index < -0.39 is 5.97 Å². The zero-order valence-electron chi connectivity index (χ0n) is 9.26. The minimum absolute atomic E-state index is 0.394. The van der Waals surface area contributed by atoms with Crippen molar-refractivity contribution in [2.24, 2.45) is 0 Å². The van der Waals surface area contributed by atoms with Crippen LogP contribution in [0.2, 0.25) is 0 Å². The van der Waals surface area contributed by atoms with Gasteiger partial charge in [-0.2, -0.15) is 0 Å². The van der Waals surface area contributed by atoms with Gasteiger partial charge in [-0.25, -0.2) is 4.79 Å². The molecule has 0 aliphatic heterocycles. The Bertz CT molecular complexity index is 136. The molecule has 0 saturated heterocycles. The van der Waals surface area contributed by atoms with Crippen molar-refractivity contribution in [2.45, 2.75) is 39.8 Å². The number of esters is 1. The summed E-state index contributed by atoms with van der Waals surface area (Å²) in [6, 6.07) is 1.25. The summed E-state index contributed by atoms with van der Waals surface area (Å²) >= 11 is 0.